The smallest absolute Gasteiger partial charge is 0.248 e. The molecule has 7 atom stereocenters. The van der Waals surface area contributed by atoms with Crippen molar-refractivity contribution in [1.29, 1.82) is 0 Å². The molecule has 184 valence electrons. The lowest BCUT2D eigenvalue weighted by Gasteiger charge is -2.36. The number of nitrogens with zero attached hydrogens (tertiary/aromatic N) is 1. The van der Waals surface area contributed by atoms with Crippen LogP contribution in [0.2, 0.25) is 5.02 Å². The van der Waals surface area contributed by atoms with Crippen molar-refractivity contribution in [2.45, 2.75) is 40.3 Å². The Morgan fingerprint density at radius 3 is 2.43 bits per heavy atom. The van der Waals surface area contributed by atoms with Crippen molar-refractivity contribution in [3.8, 4) is 0 Å². The molecule has 3 amide bonds. The lowest BCUT2D eigenvalue weighted by molar-refractivity contribution is -0.140. The maximum Gasteiger partial charge on any atom is 0.248 e. The first-order chi connectivity index (χ1) is 16.8. The molecule has 3 N–H and O–H groups in total. The molecule has 1 spiro atoms. The minimum atomic E-state index is -0.831. The standard InChI is InChI=1S/C25H25BrClN3O4S/c1-13(12-31)30-21(23(33)29-16-9-7-14(27)8-10-16)25-11-17(26)20(35-25)18(19(25)24(30)34)22(32)28-15-5-3-2-4-6-15/h2-10,13,17-21,31H,11-12H2,1H3,(H,28,32)(H,29,33)/t13-,17?,18-,19+,20-,21?,25?/m1/s1. The van der Waals surface area contributed by atoms with Crippen LogP contribution in [0.3, 0.4) is 0 Å². The van der Waals surface area contributed by atoms with E-state index >= 15 is 0 Å². The first-order valence-corrected chi connectivity index (χ1v) is 13.6. The van der Waals surface area contributed by atoms with Crippen LogP contribution in [0.15, 0.2) is 54.6 Å². The quantitative estimate of drug-likeness (QED) is 0.454. The fraction of sp³-hybridized carbons (Fsp3) is 0.400. The number of fused-ring (bicyclic) bond motifs is 1. The Morgan fingerprint density at radius 2 is 1.77 bits per heavy atom. The van der Waals surface area contributed by atoms with E-state index < -0.39 is 28.7 Å². The van der Waals surface area contributed by atoms with Gasteiger partial charge in [-0.1, -0.05) is 45.7 Å². The Morgan fingerprint density at radius 1 is 1.14 bits per heavy atom. The monoisotopic (exact) mass is 577 g/mol. The topological polar surface area (TPSA) is 98.7 Å². The molecule has 2 bridgehead atoms. The lowest BCUT2D eigenvalue weighted by Crippen LogP contribution is -2.54. The molecule has 3 saturated heterocycles. The maximum absolute atomic E-state index is 13.9. The minimum absolute atomic E-state index is 0.0294. The number of carbonyl (C=O) groups excluding carboxylic acids is 3. The van der Waals surface area contributed by atoms with Crippen molar-refractivity contribution in [2.75, 3.05) is 17.2 Å². The number of thioether (sulfide) groups is 1. The zero-order valence-corrected chi connectivity index (χ0v) is 22.0. The number of carbonyl (C=O) groups is 3. The second kappa shape index (κ2) is 9.42. The zero-order valence-electron chi connectivity index (χ0n) is 18.9. The van der Waals surface area contributed by atoms with Gasteiger partial charge in [0, 0.05) is 26.5 Å². The van der Waals surface area contributed by atoms with Gasteiger partial charge >= 0.3 is 0 Å². The van der Waals surface area contributed by atoms with E-state index in [0.29, 0.717) is 22.8 Å². The number of alkyl halides is 1. The molecule has 3 heterocycles. The molecular weight excluding hydrogens is 554 g/mol. The van der Waals surface area contributed by atoms with E-state index in [2.05, 4.69) is 26.6 Å². The molecule has 5 rings (SSSR count). The Labute approximate surface area is 221 Å². The molecule has 35 heavy (non-hydrogen) atoms. The molecule has 3 unspecified atom stereocenters. The molecule has 0 saturated carbocycles. The van der Waals surface area contributed by atoms with Crippen LogP contribution >= 0.6 is 39.3 Å². The number of aliphatic hydroxyl groups excluding tert-OH is 1. The van der Waals surface area contributed by atoms with Crippen molar-refractivity contribution >= 4 is 68.4 Å². The van der Waals surface area contributed by atoms with Crippen molar-refractivity contribution in [2.24, 2.45) is 11.8 Å². The molecule has 10 heteroatoms. The van der Waals surface area contributed by atoms with Gasteiger partial charge in [0.05, 0.1) is 29.2 Å². The number of anilines is 2. The molecule has 2 aromatic carbocycles. The Bertz CT molecular complexity index is 1150. The summed E-state index contributed by atoms with van der Waals surface area (Å²) in [6, 6.07) is 14.5. The van der Waals surface area contributed by atoms with Gasteiger partial charge in [0.1, 0.15) is 6.04 Å². The summed E-state index contributed by atoms with van der Waals surface area (Å²) in [4.78, 5) is 42.6. The highest BCUT2D eigenvalue weighted by molar-refractivity contribution is 9.09. The molecule has 2 aromatic rings. The highest BCUT2D eigenvalue weighted by atomic mass is 79.9. The van der Waals surface area contributed by atoms with Gasteiger partial charge in [-0.2, -0.15) is 0 Å². The average Bonchev–Trinajstić information content (AvgIpc) is 3.44. The van der Waals surface area contributed by atoms with Crippen molar-refractivity contribution in [1.82, 2.24) is 4.90 Å². The fourth-order valence-corrected chi connectivity index (χ4v) is 9.45. The van der Waals surface area contributed by atoms with Gasteiger partial charge in [-0.3, -0.25) is 14.4 Å². The largest absolute Gasteiger partial charge is 0.394 e. The number of para-hydroxylation sites is 1. The maximum atomic E-state index is 13.9. The van der Waals surface area contributed by atoms with E-state index in [-0.39, 0.29) is 34.4 Å². The summed E-state index contributed by atoms with van der Waals surface area (Å²) < 4.78 is -0.783. The number of amides is 3. The molecule has 0 aromatic heterocycles. The number of rotatable bonds is 6. The predicted molar refractivity (Wildman–Crippen MR) is 141 cm³/mol. The number of aliphatic hydroxyl groups is 1. The van der Waals surface area contributed by atoms with Crippen LogP contribution in [0.4, 0.5) is 11.4 Å². The minimum Gasteiger partial charge on any atom is -0.394 e. The number of hydrogen-bond donors (Lipinski definition) is 3. The molecular formula is C25H25BrClN3O4S. The summed E-state index contributed by atoms with van der Waals surface area (Å²) in [6.45, 7) is 1.44. The highest BCUT2D eigenvalue weighted by Crippen LogP contribution is 2.68. The molecule has 0 aliphatic carbocycles. The number of benzene rings is 2. The van der Waals surface area contributed by atoms with E-state index in [1.165, 1.54) is 4.90 Å². The van der Waals surface area contributed by atoms with Crippen molar-refractivity contribution in [3.05, 3.63) is 59.6 Å². The third kappa shape index (κ3) is 4.06. The molecule has 7 nitrogen and oxygen atoms in total. The van der Waals surface area contributed by atoms with Crippen LogP contribution < -0.4 is 10.6 Å². The van der Waals surface area contributed by atoms with Crippen LogP contribution in [-0.4, -0.2) is 61.2 Å². The molecule has 3 fully saturated rings. The third-order valence-electron chi connectivity index (χ3n) is 7.17. The first-order valence-electron chi connectivity index (χ1n) is 11.4. The first kappa shape index (κ1) is 24.6. The number of likely N-dealkylation sites (tertiary alicyclic amines) is 1. The molecule has 3 aliphatic heterocycles. The van der Waals surface area contributed by atoms with E-state index in [9.17, 15) is 19.5 Å². The molecule has 0 radical (unpaired) electrons. The van der Waals surface area contributed by atoms with Crippen LogP contribution in [0.25, 0.3) is 0 Å². The van der Waals surface area contributed by atoms with Crippen LogP contribution in [-0.2, 0) is 14.4 Å². The number of hydrogen-bond acceptors (Lipinski definition) is 5. The number of nitrogens with one attached hydrogen (secondary N) is 2. The normalized spacial score (nSPS) is 31.8. The van der Waals surface area contributed by atoms with Gasteiger partial charge in [-0.25, -0.2) is 0 Å². The summed E-state index contributed by atoms with van der Waals surface area (Å²) in [5.74, 6) is -2.09. The Hall–Kier alpha value is -2.07. The van der Waals surface area contributed by atoms with E-state index in [0.717, 1.165) is 0 Å². The third-order valence-corrected chi connectivity index (χ3v) is 10.6. The van der Waals surface area contributed by atoms with Crippen molar-refractivity contribution < 1.29 is 19.5 Å². The highest BCUT2D eigenvalue weighted by Gasteiger charge is 2.76. The summed E-state index contributed by atoms with van der Waals surface area (Å²) in [5, 5.41) is 16.2. The van der Waals surface area contributed by atoms with E-state index in [1.54, 1.807) is 55.1 Å². The second-order valence-electron chi connectivity index (χ2n) is 9.29. The van der Waals surface area contributed by atoms with Crippen LogP contribution in [0.5, 0.6) is 0 Å². The summed E-state index contributed by atoms with van der Waals surface area (Å²) in [5.41, 5.74) is 1.23. The van der Waals surface area contributed by atoms with Gasteiger partial charge in [-0.05, 0) is 49.7 Å². The summed E-state index contributed by atoms with van der Waals surface area (Å²) >= 11 is 11.3. The van der Waals surface area contributed by atoms with E-state index in [4.69, 9.17) is 11.6 Å². The van der Waals surface area contributed by atoms with Gasteiger partial charge in [0.2, 0.25) is 17.7 Å². The van der Waals surface area contributed by atoms with E-state index in [1.807, 2.05) is 18.2 Å². The zero-order chi connectivity index (χ0) is 24.9. The Balaban J connectivity index is 1.50. The predicted octanol–water partition coefficient (Wildman–Crippen LogP) is 3.76. The van der Waals surface area contributed by atoms with Crippen LogP contribution in [0.1, 0.15) is 13.3 Å². The second-order valence-corrected chi connectivity index (χ2v) is 12.4. The van der Waals surface area contributed by atoms with Crippen LogP contribution in [0, 0.1) is 11.8 Å². The fourth-order valence-electron chi connectivity index (χ4n) is 5.72. The summed E-state index contributed by atoms with van der Waals surface area (Å²) in [6.07, 6.45) is 0.571. The number of halogens is 2. The van der Waals surface area contributed by atoms with Gasteiger partial charge in [-0.15, -0.1) is 11.8 Å². The molecule has 3 aliphatic rings. The average molecular weight is 579 g/mol. The Kier molecular flexibility index (Phi) is 6.63. The lowest BCUT2D eigenvalue weighted by atomic mass is 9.70. The van der Waals surface area contributed by atoms with Gasteiger partial charge < -0.3 is 20.6 Å². The van der Waals surface area contributed by atoms with Gasteiger partial charge in [0.15, 0.2) is 0 Å². The SMILES string of the molecule is C[C@H](CO)N1C(=O)[C@@H]2[C@@H](C(=O)Nc3ccccc3)[C@@H]3SC2(CC3Br)C1C(=O)Nc1ccc(Cl)cc1. The van der Waals surface area contributed by atoms with Gasteiger partial charge in [0.25, 0.3) is 0 Å². The van der Waals surface area contributed by atoms with Crippen molar-refractivity contribution in [3.63, 3.8) is 0 Å². The summed E-state index contributed by atoms with van der Waals surface area (Å²) in [7, 11) is 0.